The molecule has 0 radical (unpaired) electrons. The molecule has 1 saturated carbocycles. The molecule has 3 aromatic rings. The van der Waals surface area contributed by atoms with E-state index in [1.54, 1.807) is 13.8 Å². The molecule has 0 unspecified atom stereocenters. The third kappa shape index (κ3) is 3.10. The number of thiophene rings is 1. The van der Waals surface area contributed by atoms with E-state index in [0.717, 1.165) is 17.7 Å². The first-order valence-corrected chi connectivity index (χ1v) is 10.9. The van der Waals surface area contributed by atoms with Gasteiger partial charge in [0.25, 0.3) is 5.89 Å². The summed E-state index contributed by atoms with van der Waals surface area (Å²) in [6.07, 6.45) is 3.31. The van der Waals surface area contributed by atoms with Gasteiger partial charge in [0.1, 0.15) is 10.6 Å². The molecular formula is C17H20N4O3S2. The lowest BCUT2D eigenvalue weighted by Crippen LogP contribution is -2.23. The molecule has 26 heavy (non-hydrogen) atoms. The molecule has 3 heterocycles. The van der Waals surface area contributed by atoms with Gasteiger partial charge in [-0.2, -0.15) is 0 Å². The molecule has 0 bridgehead atoms. The van der Waals surface area contributed by atoms with Crippen molar-refractivity contribution in [2.75, 3.05) is 0 Å². The van der Waals surface area contributed by atoms with E-state index in [4.69, 9.17) is 4.42 Å². The Bertz CT molecular complexity index is 1010. The van der Waals surface area contributed by atoms with Crippen LogP contribution in [0.4, 0.5) is 0 Å². The minimum atomic E-state index is -3.65. The van der Waals surface area contributed by atoms with Crippen LogP contribution in [0.3, 0.4) is 0 Å². The average Bonchev–Trinajstić information content (AvgIpc) is 3.25. The molecule has 9 heteroatoms. The largest absolute Gasteiger partial charge is 0.419 e. The maximum atomic E-state index is 12.8. The zero-order valence-corrected chi connectivity index (χ0v) is 16.2. The van der Waals surface area contributed by atoms with Crippen molar-refractivity contribution in [2.24, 2.45) is 0 Å². The Balaban J connectivity index is 1.62. The summed E-state index contributed by atoms with van der Waals surface area (Å²) in [6, 6.07) is 3.80. The smallest absolute Gasteiger partial charge is 0.264 e. The van der Waals surface area contributed by atoms with Gasteiger partial charge in [-0.3, -0.25) is 0 Å². The van der Waals surface area contributed by atoms with Crippen LogP contribution in [0.15, 0.2) is 26.8 Å². The minimum Gasteiger partial charge on any atom is -0.419 e. The van der Waals surface area contributed by atoms with Crippen LogP contribution in [-0.4, -0.2) is 23.6 Å². The molecule has 1 aliphatic rings. The molecule has 0 saturated heterocycles. The summed E-state index contributed by atoms with van der Waals surface area (Å²) in [5, 5.41) is 10.2. The fourth-order valence-corrected chi connectivity index (χ4v) is 5.34. The van der Waals surface area contributed by atoms with Gasteiger partial charge >= 0.3 is 0 Å². The van der Waals surface area contributed by atoms with Gasteiger partial charge in [-0.15, -0.1) is 21.5 Å². The summed E-state index contributed by atoms with van der Waals surface area (Å²) in [5.41, 5.74) is 1.71. The highest BCUT2D eigenvalue weighted by Crippen LogP contribution is 2.37. The van der Waals surface area contributed by atoms with E-state index in [-0.39, 0.29) is 11.4 Å². The highest BCUT2D eigenvalue weighted by Gasteiger charge is 2.29. The van der Waals surface area contributed by atoms with Gasteiger partial charge in [-0.25, -0.2) is 13.1 Å². The summed E-state index contributed by atoms with van der Waals surface area (Å²) in [7, 11) is -3.65. The van der Waals surface area contributed by atoms with E-state index < -0.39 is 10.0 Å². The molecule has 0 amide bonds. The minimum absolute atomic E-state index is 0.243. The van der Waals surface area contributed by atoms with E-state index >= 15 is 0 Å². The highest BCUT2D eigenvalue weighted by molar-refractivity contribution is 7.89. The standard InChI is InChI=1S/C17H20N4O3S2/c1-10-14(17-21-20-16(24-17)12-5-3-6-12)19-11(2)15(10)26(22,23)18-9-13-7-4-8-25-13/h4,7-8,12,18-19H,3,5-6,9H2,1-2H3. The number of nitrogens with one attached hydrogen (secondary N) is 2. The lowest BCUT2D eigenvalue weighted by molar-refractivity contribution is 0.338. The van der Waals surface area contributed by atoms with E-state index in [0.29, 0.717) is 34.7 Å². The molecule has 0 aliphatic heterocycles. The Kier molecular flexibility index (Phi) is 4.45. The van der Waals surface area contributed by atoms with Gasteiger partial charge < -0.3 is 9.40 Å². The topological polar surface area (TPSA) is 101 Å². The number of aromatic amines is 1. The quantitative estimate of drug-likeness (QED) is 0.669. The number of nitrogens with zero attached hydrogens (tertiary/aromatic N) is 2. The van der Waals surface area contributed by atoms with Gasteiger partial charge in [0, 0.05) is 23.0 Å². The van der Waals surface area contributed by atoms with Crippen LogP contribution >= 0.6 is 11.3 Å². The van der Waals surface area contributed by atoms with Crippen LogP contribution < -0.4 is 4.72 Å². The van der Waals surface area contributed by atoms with E-state index in [1.807, 2.05) is 17.5 Å². The third-order valence-corrected chi connectivity index (χ3v) is 7.31. The van der Waals surface area contributed by atoms with E-state index in [2.05, 4.69) is 19.9 Å². The molecule has 7 nitrogen and oxygen atoms in total. The van der Waals surface area contributed by atoms with Crippen LogP contribution in [0.2, 0.25) is 0 Å². The average molecular weight is 393 g/mol. The molecule has 4 rings (SSSR count). The summed E-state index contributed by atoms with van der Waals surface area (Å²) in [5.74, 6) is 1.31. The van der Waals surface area contributed by atoms with Crippen molar-refractivity contribution in [1.82, 2.24) is 19.9 Å². The van der Waals surface area contributed by atoms with Crippen molar-refractivity contribution in [3.63, 3.8) is 0 Å². The van der Waals surface area contributed by atoms with E-state index in [9.17, 15) is 8.42 Å². The second-order valence-electron chi connectivity index (χ2n) is 6.56. The summed E-state index contributed by atoms with van der Waals surface area (Å²) >= 11 is 1.51. The van der Waals surface area contributed by atoms with Crippen molar-refractivity contribution in [3.8, 4) is 11.6 Å². The van der Waals surface area contributed by atoms with Gasteiger partial charge in [0.05, 0.1) is 0 Å². The molecule has 0 spiro atoms. The number of hydrogen-bond acceptors (Lipinski definition) is 6. The van der Waals surface area contributed by atoms with E-state index in [1.165, 1.54) is 17.8 Å². The first-order valence-electron chi connectivity index (χ1n) is 8.50. The number of H-pyrrole nitrogens is 1. The monoisotopic (exact) mass is 392 g/mol. The third-order valence-electron chi connectivity index (χ3n) is 4.76. The summed E-state index contributed by atoms with van der Waals surface area (Å²) < 4.78 is 34.0. The molecule has 2 N–H and O–H groups in total. The molecule has 138 valence electrons. The maximum absolute atomic E-state index is 12.8. The van der Waals surface area contributed by atoms with Crippen molar-refractivity contribution in [1.29, 1.82) is 0 Å². The van der Waals surface area contributed by atoms with Gasteiger partial charge in [-0.1, -0.05) is 12.5 Å². The molecule has 1 fully saturated rings. The summed E-state index contributed by atoms with van der Waals surface area (Å²) in [6.45, 7) is 3.76. The van der Waals surface area contributed by atoms with Crippen LogP contribution in [0.1, 0.15) is 47.2 Å². The van der Waals surface area contributed by atoms with Crippen LogP contribution in [0.5, 0.6) is 0 Å². The van der Waals surface area contributed by atoms with Crippen molar-refractivity contribution >= 4 is 21.4 Å². The number of aromatic nitrogens is 3. The van der Waals surface area contributed by atoms with Crippen molar-refractivity contribution < 1.29 is 12.8 Å². The lowest BCUT2D eigenvalue weighted by Gasteiger charge is -2.20. The SMILES string of the molecule is Cc1[nH]c(-c2nnc(C3CCC3)o2)c(C)c1S(=O)(=O)NCc1cccs1. The molecule has 0 aromatic carbocycles. The Morgan fingerprint density at radius 3 is 2.81 bits per heavy atom. The van der Waals surface area contributed by atoms with Gasteiger partial charge in [-0.05, 0) is 43.7 Å². The highest BCUT2D eigenvalue weighted by atomic mass is 32.2. The molecule has 3 aromatic heterocycles. The zero-order chi connectivity index (χ0) is 18.3. The summed E-state index contributed by atoms with van der Waals surface area (Å²) in [4.78, 5) is 4.31. The predicted octanol–water partition coefficient (Wildman–Crippen LogP) is 3.49. The van der Waals surface area contributed by atoms with Crippen molar-refractivity contribution in [3.05, 3.63) is 39.5 Å². The Morgan fingerprint density at radius 1 is 1.35 bits per heavy atom. The Labute approximate surface area is 155 Å². The predicted molar refractivity (Wildman–Crippen MR) is 98.5 cm³/mol. The fraction of sp³-hybridized carbons (Fsp3) is 0.412. The zero-order valence-electron chi connectivity index (χ0n) is 14.6. The first-order chi connectivity index (χ1) is 12.5. The second-order valence-corrected chi connectivity index (χ2v) is 9.29. The van der Waals surface area contributed by atoms with Crippen LogP contribution in [0, 0.1) is 13.8 Å². The molecule has 1 aliphatic carbocycles. The number of hydrogen-bond donors (Lipinski definition) is 2. The van der Waals surface area contributed by atoms with Gasteiger partial charge in [0.15, 0.2) is 0 Å². The van der Waals surface area contributed by atoms with Crippen molar-refractivity contribution in [2.45, 2.75) is 50.5 Å². The first kappa shape index (κ1) is 17.4. The maximum Gasteiger partial charge on any atom is 0.264 e. The molecular weight excluding hydrogens is 372 g/mol. The van der Waals surface area contributed by atoms with Crippen LogP contribution in [0.25, 0.3) is 11.6 Å². The Morgan fingerprint density at radius 2 is 2.15 bits per heavy atom. The molecule has 0 atom stereocenters. The number of rotatable bonds is 6. The number of sulfonamides is 1. The van der Waals surface area contributed by atoms with Gasteiger partial charge in [0.2, 0.25) is 15.9 Å². The normalized spacial score (nSPS) is 15.3. The second kappa shape index (κ2) is 6.64. The Hall–Kier alpha value is -1.97. The lowest BCUT2D eigenvalue weighted by atomic mass is 9.85. The number of aryl methyl sites for hydroxylation is 1. The fourth-order valence-electron chi connectivity index (χ4n) is 3.16. The van der Waals surface area contributed by atoms with Crippen LogP contribution in [-0.2, 0) is 16.6 Å².